The molecule has 0 aliphatic heterocycles. The van der Waals surface area contributed by atoms with Crippen molar-refractivity contribution in [3.05, 3.63) is 107 Å². The minimum absolute atomic E-state index is 0.0149. The smallest absolute Gasteiger partial charge is 0.174 e. The van der Waals surface area contributed by atoms with Gasteiger partial charge in [-0.3, -0.25) is 4.79 Å². The van der Waals surface area contributed by atoms with Gasteiger partial charge in [-0.1, -0.05) is 72.3 Å². The summed E-state index contributed by atoms with van der Waals surface area (Å²) in [6.07, 6.45) is 0. The summed E-state index contributed by atoms with van der Waals surface area (Å²) < 4.78 is 13.2. The van der Waals surface area contributed by atoms with Crippen molar-refractivity contribution in [2.45, 2.75) is 12.8 Å². The number of carbonyl (C=O) groups is 1. The Hall–Kier alpha value is -2.74. The zero-order valence-corrected chi connectivity index (χ0v) is 12.9. The number of aryl methyl sites for hydroxylation is 1. The predicted molar refractivity (Wildman–Crippen MR) is 90.2 cm³/mol. The Labute approximate surface area is 135 Å². The van der Waals surface area contributed by atoms with Crippen LogP contribution in [-0.2, 0) is 0 Å². The second kappa shape index (κ2) is 6.57. The molecule has 0 fully saturated rings. The van der Waals surface area contributed by atoms with Crippen LogP contribution in [-0.4, -0.2) is 5.78 Å². The first-order valence-corrected chi connectivity index (χ1v) is 7.56. The molecule has 114 valence electrons. The molecular formula is C21H17FO. The molecule has 3 aromatic carbocycles. The summed E-state index contributed by atoms with van der Waals surface area (Å²) in [6, 6.07) is 23.3. The lowest BCUT2D eigenvalue weighted by atomic mass is 9.84. The van der Waals surface area contributed by atoms with Crippen LogP contribution in [0.3, 0.4) is 0 Å². The number of carbonyl (C=O) groups excluding carboxylic acids is 1. The average Bonchev–Trinajstić information content (AvgIpc) is 2.59. The molecule has 2 heteroatoms. The summed E-state index contributed by atoms with van der Waals surface area (Å²) in [4.78, 5) is 13.0. The van der Waals surface area contributed by atoms with Gasteiger partial charge in [0, 0.05) is 5.56 Å². The second-order valence-corrected chi connectivity index (χ2v) is 5.63. The van der Waals surface area contributed by atoms with Crippen LogP contribution < -0.4 is 0 Å². The van der Waals surface area contributed by atoms with Gasteiger partial charge in [0.15, 0.2) is 5.78 Å². The van der Waals surface area contributed by atoms with Gasteiger partial charge in [0.05, 0.1) is 5.92 Å². The van der Waals surface area contributed by atoms with Crippen LogP contribution in [0.4, 0.5) is 4.39 Å². The molecule has 1 unspecified atom stereocenters. The second-order valence-electron chi connectivity index (χ2n) is 5.63. The Morgan fingerprint density at radius 1 is 0.783 bits per heavy atom. The minimum atomic E-state index is -0.432. The van der Waals surface area contributed by atoms with Crippen LogP contribution in [0.15, 0.2) is 78.9 Å². The maximum atomic E-state index is 13.2. The third-order valence-electron chi connectivity index (χ3n) is 3.93. The van der Waals surface area contributed by atoms with E-state index in [1.165, 1.54) is 12.1 Å². The summed E-state index contributed by atoms with van der Waals surface area (Å²) in [7, 11) is 0. The molecular weight excluding hydrogens is 287 g/mol. The standard InChI is InChI=1S/C21H17FO/c1-15-7-9-16(10-8-15)20(17-11-13-19(22)14-12-17)21(23)18-5-3-2-4-6-18/h2-14,20H,1H3. The molecule has 0 saturated carbocycles. The first kappa shape index (κ1) is 15.2. The Balaban J connectivity index is 2.08. The molecule has 0 aliphatic carbocycles. The summed E-state index contributed by atoms with van der Waals surface area (Å²) in [5.41, 5.74) is 3.50. The maximum Gasteiger partial charge on any atom is 0.174 e. The third-order valence-corrected chi connectivity index (χ3v) is 3.93. The number of Topliss-reactive ketones (excluding diaryl/α,β-unsaturated/α-hetero) is 1. The molecule has 23 heavy (non-hydrogen) atoms. The predicted octanol–water partition coefficient (Wildman–Crippen LogP) is 5.15. The van der Waals surface area contributed by atoms with E-state index >= 15 is 0 Å². The van der Waals surface area contributed by atoms with Crippen molar-refractivity contribution in [3.8, 4) is 0 Å². The van der Waals surface area contributed by atoms with E-state index < -0.39 is 5.92 Å². The number of hydrogen-bond acceptors (Lipinski definition) is 1. The van der Waals surface area contributed by atoms with E-state index in [-0.39, 0.29) is 11.6 Å². The Kier molecular flexibility index (Phi) is 4.33. The van der Waals surface area contributed by atoms with Crippen molar-refractivity contribution in [2.24, 2.45) is 0 Å². The highest BCUT2D eigenvalue weighted by molar-refractivity contribution is 6.03. The van der Waals surface area contributed by atoms with Crippen LogP contribution in [0, 0.1) is 12.7 Å². The van der Waals surface area contributed by atoms with E-state index in [0.29, 0.717) is 5.56 Å². The SMILES string of the molecule is Cc1ccc(C(C(=O)c2ccccc2)c2ccc(F)cc2)cc1. The number of benzene rings is 3. The van der Waals surface area contributed by atoms with Crippen LogP contribution in [0.2, 0.25) is 0 Å². The van der Waals surface area contributed by atoms with Gasteiger partial charge in [0.25, 0.3) is 0 Å². The molecule has 3 aromatic rings. The zero-order valence-electron chi connectivity index (χ0n) is 12.9. The van der Waals surface area contributed by atoms with Gasteiger partial charge >= 0.3 is 0 Å². The third kappa shape index (κ3) is 3.37. The van der Waals surface area contributed by atoms with Gasteiger partial charge in [-0.15, -0.1) is 0 Å². The number of rotatable bonds is 4. The molecule has 0 spiro atoms. The van der Waals surface area contributed by atoms with Crippen LogP contribution >= 0.6 is 0 Å². The highest BCUT2D eigenvalue weighted by Gasteiger charge is 2.23. The Morgan fingerprint density at radius 3 is 1.87 bits per heavy atom. The fourth-order valence-corrected chi connectivity index (χ4v) is 2.68. The lowest BCUT2D eigenvalue weighted by Gasteiger charge is -2.17. The summed E-state index contributed by atoms with van der Waals surface area (Å²) in [5, 5.41) is 0. The molecule has 0 aliphatic rings. The van der Waals surface area contributed by atoms with Gasteiger partial charge in [0.1, 0.15) is 5.82 Å². The maximum absolute atomic E-state index is 13.2. The van der Waals surface area contributed by atoms with Gasteiger partial charge in [-0.25, -0.2) is 4.39 Å². The van der Waals surface area contributed by atoms with Crippen molar-refractivity contribution in [1.82, 2.24) is 0 Å². The molecule has 0 saturated heterocycles. The van der Waals surface area contributed by atoms with Crippen molar-refractivity contribution in [2.75, 3.05) is 0 Å². The lowest BCUT2D eigenvalue weighted by molar-refractivity contribution is 0.0974. The fourth-order valence-electron chi connectivity index (χ4n) is 2.68. The van der Waals surface area contributed by atoms with Crippen molar-refractivity contribution in [3.63, 3.8) is 0 Å². The van der Waals surface area contributed by atoms with E-state index in [2.05, 4.69) is 0 Å². The largest absolute Gasteiger partial charge is 0.293 e. The van der Waals surface area contributed by atoms with Crippen molar-refractivity contribution in [1.29, 1.82) is 0 Å². The summed E-state index contributed by atoms with van der Waals surface area (Å²) in [6.45, 7) is 2.01. The van der Waals surface area contributed by atoms with Crippen molar-refractivity contribution < 1.29 is 9.18 Å². The van der Waals surface area contributed by atoms with E-state index in [1.807, 2.05) is 61.5 Å². The first-order chi connectivity index (χ1) is 11.1. The molecule has 0 bridgehead atoms. The Bertz CT molecular complexity index is 744. The molecule has 1 nitrogen and oxygen atoms in total. The molecule has 0 radical (unpaired) electrons. The van der Waals surface area contributed by atoms with Gasteiger partial charge in [-0.05, 0) is 30.2 Å². The summed E-state index contributed by atoms with van der Waals surface area (Å²) in [5.74, 6) is -0.719. The molecule has 0 N–H and O–H groups in total. The molecule has 0 amide bonds. The summed E-state index contributed by atoms with van der Waals surface area (Å²) >= 11 is 0. The van der Waals surface area contributed by atoms with E-state index in [4.69, 9.17) is 0 Å². The zero-order chi connectivity index (χ0) is 16.2. The molecule has 1 atom stereocenters. The van der Waals surface area contributed by atoms with Crippen LogP contribution in [0.25, 0.3) is 0 Å². The lowest BCUT2D eigenvalue weighted by Crippen LogP contribution is -2.14. The van der Waals surface area contributed by atoms with Crippen LogP contribution in [0.5, 0.6) is 0 Å². The number of halogens is 1. The first-order valence-electron chi connectivity index (χ1n) is 7.56. The quantitative estimate of drug-likeness (QED) is 0.609. The van der Waals surface area contributed by atoms with E-state index in [9.17, 15) is 9.18 Å². The monoisotopic (exact) mass is 304 g/mol. The van der Waals surface area contributed by atoms with E-state index in [1.54, 1.807) is 12.1 Å². The van der Waals surface area contributed by atoms with Gasteiger partial charge in [0.2, 0.25) is 0 Å². The highest BCUT2D eigenvalue weighted by atomic mass is 19.1. The van der Waals surface area contributed by atoms with Gasteiger partial charge in [-0.2, -0.15) is 0 Å². The number of ketones is 1. The Morgan fingerprint density at radius 2 is 1.30 bits per heavy atom. The molecule has 0 aromatic heterocycles. The van der Waals surface area contributed by atoms with Crippen molar-refractivity contribution >= 4 is 5.78 Å². The number of hydrogen-bond donors (Lipinski definition) is 0. The average molecular weight is 304 g/mol. The topological polar surface area (TPSA) is 17.1 Å². The normalized spacial score (nSPS) is 11.9. The van der Waals surface area contributed by atoms with Crippen LogP contribution in [0.1, 0.15) is 33.0 Å². The van der Waals surface area contributed by atoms with E-state index in [0.717, 1.165) is 16.7 Å². The minimum Gasteiger partial charge on any atom is -0.293 e. The molecule has 3 rings (SSSR count). The molecule has 0 heterocycles. The van der Waals surface area contributed by atoms with Gasteiger partial charge < -0.3 is 0 Å². The highest BCUT2D eigenvalue weighted by Crippen LogP contribution is 2.29. The fraction of sp³-hybridized carbons (Fsp3) is 0.0952.